The van der Waals surface area contributed by atoms with Crippen LogP contribution in [0.1, 0.15) is 0 Å². The summed E-state index contributed by atoms with van der Waals surface area (Å²) in [6, 6.07) is 17.4. The Labute approximate surface area is 128 Å². The van der Waals surface area contributed by atoms with E-state index in [0.29, 0.717) is 11.5 Å². The summed E-state index contributed by atoms with van der Waals surface area (Å²) in [4.78, 5) is 0. The first-order valence-corrected chi connectivity index (χ1v) is 6.83. The molecule has 0 saturated heterocycles. The van der Waals surface area contributed by atoms with Crippen LogP contribution < -0.4 is 21.3 Å². The van der Waals surface area contributed by atoms with E-state index in [1.54, 1.807) is 7.11 Å². The van der Waals surface area contributed by atoms with Crippen molar-refractivity contribution in [3.63, 3.8) is 0 Å². The summed E-state index contributed by atoms with van der Waals surface area (Å²) >= 11 is 0. The van der Waals surface area contributed by atoms with Gasteiger partial charge >= 0.3 is 0 Å². The molecular weight excluding hydrogens is 278 g/mol. The van der Waals surface area contributed by atoms with Gasteiger partial charge < -0.3 is 15.9 Å². The van der Waals surface area contributed by atoms with Crippen molar-refractivity contribution < 1.29 is 4.74 Å². The quantitative estimate of drug-likeness (QED) is 0.543. The molecule has 112 valence electrons. The smallest absolute Gasteiger partial charge is 0.171 e. The van der Waals surface area contributed by atoms with Crippen LogP contribution in [0.2, 0.25) is 0 Å². The molecule has 6 heteroatoms. The number of anilines is 3. The summed E-state index contributed by atoms with van der Waals surface area (Å²) in [7, 11) is 1.64. The summed E-state index contributed by atoms with van der Waals surface area (Å²) < 4.78 is 5.17. The maximum atomic E-state index is 5.93. The highest BCUT2D eigenvalue weighted by Gasteiger charge is 2.12. The Morgan fingerprint density at radius 3 is 2.41 bits per heavy atom. The molecule has 0 atom stereocenters. The lowest BCUT2D eigenvalue weighted by molar-refractivity contribution is 0.415. The Morgan fingerprint density at radius 1 is 1.00 bits per heavy atom. The van der Waals surface area contributed by atoms with Crippen LogP contribution in [0.15, 0.2) is 54.6 Å². The van der Waals surface area contributed by atoms with Crippen molar-refractivity contribution in [3.8, 4) is 17.0 Å². The van der Waals surface area contributed by atoms with Gasteiger partial charge in [-0.15, -0.1) is 0 Å². The van der Waals surface area contributed by atoms with E-state index in [1.165, 1.54) is 0 Å². The largest absolute Gasteiger partial charge is 0.497 e. The van der Waals surface area contributed by atoms with Crippen LogP contribution in [0.5, 0.6) is 5.75 Å². The topological polar surface area (TPSA) is 88.0 Å². The molecule has 0 aliphatic rings. The number of hydrazine groups is 1. The fourth-order valence-corrected chi connectivity index (χ4v) is 2.11. The van der Waals surface area contributed by atoms with Gasteiger partial charge in [-0.3, -0.25) is 10.5 Å². The minimum absolute atomic E-state index is 0.397. The van der Waals surface area contributed by atoms with Crippen LogP contribution in [-0.4, -0.2) is 17.3 Å². The summed E-state index contributed by atoms with van der Waals surface area (Å²) in [5, 5.41) is 7.01. The number of nitrogens with one attached hydrogen (secondary N) is 3. The molecule has 1 aromatic heterocycles. The van der Waals surface area contributed by atoms with Gasteiger partial charge in [-0.2, -0.15) is 5.10 Å². The molecule has 1 heterocycles. The minimum atomic E-state index is 0.397. The van der Waals surface area contributed by atoms with Crippen LogP contribution >= 0.6 is 0 Å². The van der Waals surface area contributed by atoms with Gasteiger partial charge in [0.15, 0.2) is 5.82 Å². The predicted octanol–water partition coefficient (Wildman–Crippen LogP) is 3.11. The number of aromatic nitrogens is 2. The Kier molecular flexibility index (Phi) is 3.82. The Morgan fingerprint density at radius 2 is 1.73 bits per heavy atom. The highest BCUT2D eigenvalue weighted by atomic mass is 16.5. The maximum absolute atomic E-state index is 5.93. The van der Waals surface area contributed by atoms with Crippen molar-refractivity contribution in [1.82, 2.24) is 10.2 Å². The molecule has 0 radical (unpaired) electrons. The zero-order chi connectivity index (χ0) is 15.4. The molecule has 3 rings (SSSR count). The van der Waals surface area contributed by atoms with Gasteiger partial charge in [-0.1, -0.05) is 18.2 Å². The van der Waals surface area contributed by atoms with Crippen LogP contribution in [0.25, 0.3) is 11.3 Å². The monoisotopic (exact) mass is 295 g/mol. The molecule has 0 bridgehead atoms. The molecule has 5 N–H and O–H groups in total. The molecular formula is C16H17N5O. The highest BCUT2D eigenvalue weighted by Crippen LogP contribution is 2.31. The van der Waals surface area contributed by atoms with Crippen molar-refractivity contribution in [2.24, 2.45) is 0 Å². The van der Waals surface area contributed by atoms with Gasteiger partial charge in [0.05, 0.1) is 18.5 Å². The normalized spacial score (nSPS) is 10.2. The summed E-state index contributed by atoms with van der Waals surface area (Å²) in [6.45, 7) is 0. The van der Waals surface area contributed by atoms with E-state index in [2.05, 4.69) is 21.0 Å². The van der Waals surface area contributed by atoms with Gasteiger partial charge in [-0.05, 0) is 36.4 Å². The molecule has 0 fully saturated rings. The second kappa shape index (κ2) is 6.09. The molecule has 0 saturated carbocycles. The molecule has 0 unspecified atom stereocenters. The Hall–Kier alpha value is -3.15. The zero-order valence-electron chi connectivity index (χ0n) is 12.1. The third kappa shape index (κ3) is 2.80. The van der Waals surface area contributed by atoms with Crippen molar-refractivity contribution in [2.75, 3.05) is 23.7 Å². The van der Waals surface area contributed by atoms with Crippen LogP contribution in [0.3, 0.4) is 0 Å². The number of benzene rings is 2. The molecule has 2 aromatic carbocycles. The summed E-state index contributed by atoms with van der Waals surface area (Å²) in [6.07, 6.45) is 0. The summed E-state index contributed by atoms with van der Waals surface area (Å²) in [5.41, 5.74) is 15.5. The maximum Gasteiger partial charge on any atom is 0.171 e. The van der Waals surface area contributed by atoms with Crippen LogP contribution in [0, 0.1) is 0 Å². The number of nitrogen functional groups attached to an aromatic ring is 1. The lowest BCUT2D eigenvalue weighted by atomic mass is 10.1. The van der Waals surface area contributed by atoms with E-state index < -0.39 is 0 Å². The molecule has 22 heavy (non-hydrogen) atoms. The number of aromatic amines is 1. The third-order valence-electron chi connectivity index (χ3n) is 3.28. The number of hydrogen-bond acceptors (Lipinski definition) is 5. The average Bonchev–Trinajstić information content (AvgIpc) is 2.95. The van der Waals surface area contributed by atoms with Crippen LogP contribution in [-0.2, 0) is 0 Å². The highest BCUT2D eigenvalue weighted by molar-refractivity contribution is 5.82. The minimum Gasteiger partial charge on any atom is -0.497 e. The average molecular weight is 295 g/mol. The first-order valence-electron chi connectivity index (χ1n) is 6.83. The molecule has 0 aliphatic carbocycles. The number of para-hydroxylation sites is 1. The predicted molar refractivity (Wildman–Crippen MR) is 88.7 cm³/mol. The summed E-state index contributed by atoms with van der Waals surface area (Å²) in [5.74, 6) is 1.20. The van der Waals surface area contributed by atoms with E-state index >= 15 is 0 Å². The number of H-pyrrole nitrogens is 1. The number of nitrogens with zero attached hydrogens (tertiary/aromatic N) is 1. The fraction of sp³-hybridized carbons (Fsp3) is 0.0625. The SMILES string of the molecule is COc1ccc(-c2[nH]nc(N)c2NNc2ccccc2)cc1. The third-order valence-corrected chi connectivity index (χ3v) is 3.28. The van der Waals surface area contributed by atoms with Gasteiger partial charge in [0.2, 0.25) is 0 Å². The Balaban J connectivity index is 1.83. The van der Waals surface area contributed by atoms with E-state index in [0.717, 1.165) is 22.7 Å². The first-order chi connectivity index (χ1) is 10.8. The Bertz CT molecular complexity index is 737. The van der Waals surface area contributed by atoms with Crippen LogP contribution in [0.4, 0.5) is 17.2 Å². The standard InChI is InChI=1S/C16H17N5O/c1-22-13-9-7-11(8-10-13)14-15(16(17)21-19-14)20-18-12-5-3-2-4-6-12/h2-10,18,20H,1H3,(H3,17,19,21). The lowest BCUT2D eigenvalue weighted by Gasteiger charge is -2.11. The van der Waals surface area contributed by atoms with Gasteiger partial charge in [-0.25, -0.2) is 0 Å². The second-order valence-corrected chi connectivity index (χ2v) is 4.70. The molecule has 0 aliphatic heterocycles. The molecule has 3 aromatic rings. The van der Waals surface area contributed by atoms with Gasteiger partial charge in [0.1, 0.15) is 11.4 Å². The molecule has 6 nitrogen and oxygen atoms in total. The number of nitrogens with two attached hydrogens (primary N) is 1. The number of rotatable bonds is 5. The number of ether oxygens (including phenoxy) is 1. The molecule has 0 spiro atoms. The van der Waals surface area contributed by atoms with Crippen molar-refractivity contribution in [1.29, 1.82) is 0 Å². The van der Waals surface area contributed by atoms with Gasteiger partial charge in [0.25, 0.3) is 0 Å². The van der Waals surface area contributed by atoms with E-state index in [9.17, 15) is 0 Å². The molecule has 0 amide bonds. The fourth-order valence-electron chi connectivity index (χ4n) is 2.11. The van der Waals surface area contributed by atoms with E-state index in [1.807, 2.05) is 54.6 Å². The lowest BCUT2D eigenvalue weighted by Crippen LogP contribution is -2.10. The van der Waals surface area contributed by atoms with Crippen molar-refractivity contribution in [2.45, 2.75) is 0 Å². The van der Waals surface area contributed by atoms with E-state index in [4.69, 9.17) is 10.5 Å². The van der Waals surface area contributed by atoms with Crippen molar-refractivity contribution in [3.05, 3.63) is 54.6 Å². The second-order valence-electron chi connectivity index (χ2n) is 4.70. The van der Waals surface area contributed by atoms with Gasteiger partial charge in [0, 0.05) is 5.56 Å². The van der Waals surface area contributed by atoms with E-state index in [-0.39, 0.29) is 0 Å². The first kappa shape index (κ1) is 13.8. The number of methoxy groups -OCH3 is 1. The zero-order valence-corrected chi connectivity index (χ0v) is 12.1. The number of hydrogen-bond donors (Lipinski definition) is 4. The van der Waals surface area contributed by atoms with Crippen molar-refractivity contribution >= 4 is 17.2 Å².